The maximum Gasteiger partial charge on any atom is 0.269 e. The lowest BCUT2D eigenvalue weighted by molar-refractivity contribution is -0.574. The molecule has 3 heterocycles. The van der Waals surface area contributed by atoms with E-state index in [1.807, 2.05) is 76.0 Å². The maximum absolute atomic E-state index is 8.50. The third kappa shape index (κ3) is 7.27. The summed E-state index contributed by atoms with van der Waals surface area (Å²) in [6.45, 7) is 11.3. The lowest BCUT2D eigenvalue weighted by Gasteiger charge is -2.31. The summed E-state index contributed by atoms with van der Waals surface area (Å²) in [5, 5.41) is 2.14. The van der Waals surface area contributed by atoms with E-state index >= 15 is 0 Å². The molecule has 0 unspecified atom stereocenters. The predicted octanol–water partition coefficient (Wildman–Crippen LogP) is 14.5. The van der Waals surface area contributed by atoms with Crippen molar-refractivity contribution in [1.82, 2.24) is 14.1 Å². The molecule has 9 rings (SSSR count). The van der Waals surface area contributed by atoms with Gasteiger partial charge in [0.15, 0.2) is 0 Å². The Labute approximate surface area is 379 Å². The quantitative estimate of drug-likeness (QED) is 0.124. The number of ether oxygens (including phenoxy) is 1. The van der Waals surface area contributed by atoms with Crippen LogP contribution >= 0.6 is 0 Å². The van der Waals surface area contributed by atoms with E-state index in [-0.39, 0.29) is 27.7 Å². The van der Waals surface area contributed by atoms with Gasteiger partial charge in [0, 0.05) is 35.4 Å². The number of benzene rings is 6. The van der Waals surface area contributed by atoms with Crippen molar-refractivity contribution in [2.24, 2.45) is 0 Å². The maximum atomic E-state index is 8.50. The third-order valence-electron chi connectivity index (χ3n) is 11.8. The molecule has 312 valence electrons. The first-order chi connectivity index (χ1) is 33.0. The van der Waals surface area contributed by atoms with Crippen molar-refractivity contribution in [2.45, 2.75) is 99.1 Å². The molecule has 3 aromatic heterocycles. The number of hydrogen-bond donors (Lipinski definition) is 0. The van der Waals surface area contributed by atoms with E-state index in [1.54, 1.807) is 18.2 Å². The van der Waals surface area contributed by atoms with Crippen molar-refractivity contribution in [3.8, 4) is 39.8 Å². The largest absolute Gasteiger partial charge is 0.458 e. The van der Waals surface area contributed by atoms with Gasteiger partial charge in [0.25, 0.3) is 6.33 Å². The van der Waals surface area contributed by atoms with Crippen LogP contribution in [0.1, 0.15) is 108 Å². The fourth-order valence-electron chi connectivity index (χ4n) is 8.59. The highest BCUT2D eigenvalue weighted by Crippen LogP contribution is 2.39. The zero-order chi connectivity index (χ0) is 51.4. The highest BCUT2D eigenvalue weighted by molar-refractivity contribution is 6.09. The van der Waals surface area contributed by atoms with Gasteiger partial charge in [-0.1, -0.05) is 135 Å². The Kier molecular flexibility index (Phi) is 7.53. The zero-order valence-electron chi connectivity index (χ0n) is 45.9. The molecule has 0 N–H and O–H groups in total. The molecule has 5 nitrogen and oxygen atoms in total. The van der Waals surface area contributed by atoms with Gasteiger partial charge in [0.2, 0.25) is 0 Å². The predicted molar refractivity (Wildman–Crippen MR) is 258 cm³/mol. The number of imidazole rings is 1. The number of hydrogen-bond acceptors (Lipinski definition) is 2. The minimum absolute atomic E-state index is 0.0742. The van der Waals surface area contributed by atoms with Crippen LogP contribution in [-0.4, -0.2) is 14.1 Å². The van der Waals surface area contributed by atoms with Gasteiger partial charge >= 0.3 is 0 Å². The number of para-hydroxylation sites is 1. The molecule has 6 aromatic carbocycles. The van der Waals surface area contributed by atoms with Gasteiger partial charge < -0.3 is 4.74 Å². The first kappa shape index (κ1) is 31.4. The number of aryl methyl sites for hydroxylation is 3. The van der Waals surface area contributed by atoms with Crippen LogP contribution in [0.4, 0.5) is 0 Å². The molecule has 0 radical (unpaired) electrons. The average Bonchev–Trinajstić information content (AvgIpc) is 3.82. The first-order valence-electron chi connectivity index (χ1n) is 25.6. The molecule has 0 spiro atoms. The second-order valence-corrected chi connectivity index (χ2v) is 19.4. The highest BCUT2D eigenvalue weighted by atomic mass is 16.5. The molecule has 62 heavy (non-hydrogen) atoms. The normalized spacial score (nSPS) is 15.3. The minimum atomic E-state index is -2.62. The van der Waals surface area contributed by atoms with E-state index in [2.05, 4.69) is 104 Å². The topological polar surface area (TPSA) is 35.9 Å². The Morgan fingerprint density at radius 3 is 1.98 bits per heavy atom. The summed E-state index contributed by atoms with van der Waals surface area (Å²) in [5.41, 5.74) is 6.82. The Morgan fingerprint density at radius 1 is 0.597 bits per heavy atom. The van der Waals surface area contributed by atoms with Crippen LogP contribution in [0.3, 0.4) is 0 Å². The summed E-state index contributed by atoms with van der Waals surface area (Å²) >= 11 is 0. The number of fused-ring (bicyclic) bond motifs is 4. The van der Waals surface area contributed by atoms with Crippen LogP contribution in [0.5, 0.6) is 11.5 Å². The van der Waals surface area contributed by atoms with E-state index < -0.39 is 31.4 Å². The Hall–Kier alpha value is -6.46. The minimum Gasteiger partial charge on any atom is -0.458 e. The van der Waals surface area contributed by atoms with E-state index in [9.17, 15) is 0 Å². The summed E-state index contributed by atoms with van der Waals surface area (Å²) in [4.78, 5) is 4.85. The monoisotopic (exact) mass is 824 g/mol. The molecular formula is C57H58N4O. The van der Waals surface area contributed by atoms with Gasteiger partial charge in [-0.25, -0.2) is 4.98 Å². The second-order valence-electron chi connectivity index (χ2n) is 19.4. The van der Waals surface area contributed by atoms with Crippen molar-refractivity contribution in [3.63, 3.8) is 0 Å². The number of rotatable bonds is 6. The van der Waals surface area contributed by atoms with Crippen LogP contribution in [-0.2, 0) is 16.2 Å². The van der Waals surface area contributed by atoms with Gasteiger partial charge in [0.05, 0.1) is 33.4 Å². The van der Waals surface area contributed by atoms with Crippen molar-refractivity contribution < 1.29 is 21.6 Å². The Morgan fingerprint density at radius 2 is 1.29 bits per heavy atom. The molecule has 0 amide bonds. The number of aromatic nitrogens is 4. The first-order valence-corrected chi connectivity index (χ1v) is 21.1. The molecule has 0 aliphatic heterocycles. The lowest BCUT2D eigenvalue weighted by atomic mass is 9.77. The van der Waals surface area contributed by atoms with Crippen LogP contribution in [0.15, 0.2) is 134 Å². The lowest BCUT2D eigenvalue weighted by Crippen LogP contribution is -2.37. The fraction of sp³-hybridized carbons (Fsp3) is 0.263. The van der Waals surface area contributed by atoms with Crippen LogP contribution in [0.2, 0.25) is 0 Å². The van der Waals surface area contributed by atoms with E-state index in [4.69, 9.17) is 22.1 Å². The van der Waals surface area contributed by atoms with Gasteiger partial charge in [-0.15, -0.1) is 0 Å². The van der Waals surface area contributed by atoms with Crippen LogP contribution in [0, 0.1) is 26.9 Å². The SMILES string of the molecule is [2H]C([2H])([2H])c1cc(C(C)(C)C)c(-[n+]2[c-]n(-c3cccc(Oc4ccc5c6ccccc6n(-c6cc(C(C)(C)C)ccn6)c5c4)c3)c3cc(-c4c(C([2H])([2H])[2H])cccc4C([2H])([2H])[2H])ccc32)c(C(C)(C)C)c1. The molecule has 0 aliphatic rings. The average molecular weight is 824 g/mol. The standard InChI is InChI=1S/C57H58N4O/c1-36-29-46(56(7,8)9)54(47(30-36)57(10,11)12)60-35-59(51-31-39(23-26-49(51)60)53-37(2)17-15-18-38(53)3)41-19-16-20-42(33-41)62-43-24-25-45-44-21-13-14-22-48(44)61(50(45)34-43)52-32-40(27-28-58-52)55(4,5)6/h13-34H,1-12H3/i1D3,2D3,3D3. The van der Waals surface area contributed by atoms with Gasteiger partial charge in [-0.3, -0.25) is 13.7 Å². The van der Waals surface area contributed by atoms with E-state index in [0.717, 1.165) is 50.0 Å². The van der Waals surface area contributed by atoms with Gasteiger partial charge in [-0.2, -0.15) is 0 Å². The molecule has 0 atom stereocenters. The second kappa shape index (κ2) is 14.9. The summed E-state index contributed by atoms with van der Waals surface area (Å²) in [7, 11) is 0. The Balaban J connectivity index is 1.27. The highest BCUT2D eigenvalue weighted by Gasteiger charge is 2.29. The molecule has 0 bridgehead atoms. The number of nitrogens with zero attached hydrogens (tertiary/aromatic N) is 4. The van der Waals surface area contributed by atoms with E-state index in [0.29, 0.717) is 33.8 Å². The smallest absolute Gasteiger partial charge is 0.269 e. The fourth-order valence-corrected chi connectivity index (χ4v) is 8.59. The summed E-state index contributed by atoms with van der Waals surface area (Å²) in [6.07, 6.45) is 5.51. The number of pyridine rings is 1. The van der Waals surface area contributed by atoms with Crippen molar-refractivity contribution >= 4 is 32.8 Å². The summed E-state index contributed by atoms with van der Waals surface area (Å²) in [5.74, 6) is 1.93. The molecule has 0 saturated carbocycles. The summed E-state index contributed by atoms with van der Waals surface area (Å²) in [6, 6.07) is 39.5. The van der Waals surface area contributed by atoms with E-state index in [1.165, 1.54) is 18.2 Å². The molecule has 0 fully saturated rings. The molecule has 5 heteroatoms. The third-order valence-corrected chi connectivity index (χ3v) is 11.8. The van der Waals surface area contributed by atoms with Crippen LogP contribution in [0.25, 0.3) is 61.2 Å². The van der Waals surface area contributed by atoms with Crippen molar-refractivity contribution in [1.29, 1.82) is 0 Å². The molecule has 0 saturated heterocycles. The van der Waals surface area contributed by atoms with Crippen molar-refractivity contribution in [2.75, 3.05) is 0 Å². The molecule has 0 aliphatic carbocycles. The van der Waals surface area contributed by atoms with Crippen LogP contribution < -0.4 is 9.30 Å². The van der Waals surface area contributed by atoms with Crippen molar-refractivity contribution in [3.05, 3.63) is 173 Å². The molecule has 9 aromatic rings. The zero-order valence-corrected chi connectivity index (χ0v) is 36.9. The van der Waals surface area contributed by atoms with Gasteiger partial charge in [0.1, 0.15) is 17.3 Å². The van der Waals surface area contributed by atoms with Gasteiger partial charge in [-0.05, 0) is 130 Å². The Bertz CT molecular complexity index is 3470. The summed E-state index contributed by atoms with van der Waals surface area (Å²) < 4.78 is 89.2. The molecular weight excluding hydrogens is 757 g/mol.